The van der Waals surface area contributed by atoms with E-state index in [0.29, 0.717) is 13.2 Å². The predicted molar refractivity (Wildman–Crippen MR) is 159 cm³/mol. The molecule has 1 aliphatic rings. The van der Waals surface area contributed by atoms with Crippen LogP contribution in [-0.2, 0) is 20.5 Å². The van der Waals surface area contributed by atoms with Crippen molar-refractivity contribution in [1.82, 2.24) is 0 Å². The van der Waals surface area contributed by atoms with E-state index in [1.54, 1.807) is 0 Å². The summed E-state index contributed by atoms with van der Waals surface area (Å²) in [7, 11) is -2.78. The van der Waals surface area contributed by atoms with Crippen molar-refractivity contribution in [3.8, 4) is 0 Å². The number of ether oxygens (including phenoxy) is 2. The maximum atomic E-state index is 7.41. The molecule has 0 amide bonds. The molecule has 0 unspecified atom stereocenters. The zero-order chi connectivity index (χ0) is 26.4. The Kier molecular flexibility index (Phi) is 8.64. The van der Waals surface area contributed by atoms with E-state index in [0.717, 1.165) is 5.56 Å². The average molecular weight is 588 g/mol. The van der Waals surface area contributed by atoms with Crippen LogP contribution < -0.4 is 14.8 Å². The van der Waals surface area contributed by atoms with Gasteiger partial charge in [-0.25, -0.2) is 0 Å². The van der Waals surface area contributed by atoms with Gasteiger partial charge < -0.3 is 0 Å². The van der Waals surface area contributed by atoms with Crippen LogP contribution in [0.3, 0.4) is 0 Å². The number of rotatable bonds is 9. The molecule has 1 heterocycles. The molecule has 3 nitrogen and oxygen atoms in total. The third-order valence-electron chi connectivity index (χ3n) is 7.09. The Bertz CT molecular complexity index is 1220. The van der Waals surface area contributed by atoms with E-state index in [2.05, 4.69) is 136 Å². The molecule has 0 N–H and O–H groups in total. The van der Waals surface area contributed by atoms with E-state index in [9.17, 15) is 0 Å². The van der Waals surface area contributed by atoms with Crippen LogP contribution in [0.15, 0.2) is 121 Å². The monoisotopic (exact) mass is 588 g/mol. The van der Waals surface area contributed by atoms with Crippen molar-refractivity contribution in [2.45, 2.75) is 49.6 Å². The number of hydrogen-bond donors (Lipinski definition) is 0. The van der Waals surface area contributed by atoms with Gasteiger partial charge in [-0.1, -0.05) is 0 Å². The summed E-state index contributed by atoms with van der Waals surface area (Å²) in [5.74, 6) is 0. The summed E-state index contributed by atoms with van der Waals surface area (Å²) in [5.41, 5.74) is 1.16. The zero-order valence-corrected chi connectivity index (χ0v) is 25.0. The minimum absolute atomic E-state index is 0.133. The molecule has 1 fully saturated rings. The van der Waals surface area contributed by atoms with Gasteiger partial charge in [-0.05, 0) is 0 Å². The molecule has 0 aromatic heterocycles. The SMILES string of the molecule is CC(C)(C)[Si](O[C@H]1OC[C@@H]([Se]c2ccccc2)[C@@H]1OCc1ccccc1)(c1ccccc1)c1ccccc1. The first-order valence-corrected chi connectivity index (χ1v) is 17.0. The predicted octanol–water partition coefficient (Wildman–Crippen LogP) is 5.32. The maximum absolute atomic E-state index is 7.41. The number of hydrogen-bond acceptors (Lipinski definition) is 3. The van der Waals surface area contributed by atoms with Gasteiger partial charge in [0.05, 0.1) is 0 Å². The molecule has 0 saturated carbocycles. The molecule has 5 heteroatoms. The quantitative estimate of drug-likeness (QED) is 0.248. The molecule has 0 spiro atoms. The van der Waals surface area contributed by atoms with Crippen molar-refractivity contribution in [3.05, 3.63) is 127 Å². The molecule has 4 aromatic rings. The van der Waals surface area contributed by atoms with Crippen molar-refractivity contribution in [2.24, 2.45) is 0 Å². The zero-order valence-electron chi connectivity index (χ0n) is 22.3. The van der Waals surface area contributed by atoms with Crippen molar-refractivity contribution in [3.63, 3.8) is 0 Å². The van der Waals surface area contributed by atoms with Crippen molar-refractivity contribution in [2.75, 3.05) is 6.61 Å². The average Bonchev–Trinajstić information content (AvgIpc) is 3.32. The third kappa shape index (κ3) is 5.89. The summed E-state index contributed by atoms with van der Waals surface area (Å²) in [6, 6.07) is 42.7. The van der Waals surface area contributed by atoms with E-state index < -0.39 is 14.6 Å². The first-order valence-electron chi connectivity index (χ1n) is 13.2. The standard InChI is InChI=1S/C33H36O3SeSi/c1-33(2,3)38(28-20-12-6-13-21-28,29-22-14-7-15-23-29)36-32-31(34-24-26-16-8-4-9-17-26)30(25-35-32)37-27-18-10-5-11-19-27/h4-23,30-32H,24-25H2,1-3H3/t30-,31+,32-/m1/s1. The van der Waals surface area contributed by atoms with Crippen LogP contribution in [0.5, 0.6) is 0 Å². The molecule has 1 saturated heterocycles. The van der Waals surface area contributed by atoms with E-state index >= 15 is 0 Å². The van der Waals surface area contributed by atoms with Gasteiger partial charge in [0.2, 0.25) is 0 Å². The van der Waals surface area contributed by atoms with Crippen molar-refractivity contribution < 1.29 is 13.9 Å². The van der Waals surface area contributed by atoms with Crippen LogP contribution in [0.2, 0.25) is 9.85 Å². The second-order valence-corrected chi connectivity index (χ2v) is 17.7. The van der Waals surface area contributed by atoms with E-state index in [1.165, 1.54) is 14.8 Å². The molecular formula is C33H36O3SeSi. The molecule has 0 bridgehead atoms. The van der Waals surface area contributed by atoms with Crippen LogP contribution in [0.4, 0.5) is 0 Å². The summed E-state index contributed by atoms with van der Waals surface area (Å²) in [5, 5.41) is 2.37. The summed E-state index contributed by atoms with van der Waals surface area (Å²) in [6.07, 6.45) is -0.599. The fourth-order valence-electron chi connectivity index (χ4n) is 5.25. The second kappa shape index (κ2) is 12.1. The van der Waals surface area contributed by atoms with E-state index in [4.69, 9.17) is 13.9 Å². The molecule has 196 valence electrons. The topological polar surface area (TPSA) is 27.7 Å². The van der Waals surface area contributed by atoms with Gasteiger partial charge in [-0.15, -0.1) is 0 Å². The summed E-state index contributed by atoms with van der Waals surface area (Å²) in [6.45, 7) is 8.09. The van der Waals surface area contributed by atoms with Crippen LogP contribution in [0.1, 0.15) is 26.3 Å². The van der Waals surface area contributed by atoms with E-state index in [-0.39, 0.29) is 30.9 Å². The van der Waals surface area contributed by atoms with Gasteiger partial charge >= 0.3 is 235 Å². The summed E-state index contributed by atoms with van der Waals surface area (Å²) < 4.78 is 22.0. The second-order valence-electron chi connectivity index (χ2n) is 10.7. The molecule has 38 heavy (non-hydrogen) atoms. The van der Waals surface area contributed by atoms with Crippen molar-refractivity contribution >= 4 is 38.1 Å². The normalized spacial score (nSPS) is 19.9. The number of benzene rings is 4. The van der Waals surface area contributed by atoms with Gasteiger partial charge in [0.25, 0.3) is 0 Å². The molecule has 3 atom stereocenters. The third-order valence-corrected chi connectivity index (χ3v) is 14.7. The Morgan fingerprint density at radius 2 is 1.24 bits per heavy atom. The minimum atomic E-state index is -2.78. The Balaban J connectivity index is 1.52. The molecule has 1 aliphatic heterocycles. The first-order chi connectivity index (χ1) is 18.5. The van der Waals surface area contributed by atoms with Crippen molar-refractivity contribution in [1.29, 1.82) is 0 Å². The van der Waals surface area contributed by atoms with Crippen LogP contribution in [-0.4, -0.2) is 42.3 Å². The Morgan fingerprint density at radius 3 is 1.76 bits per heavy atom. The van der Waals surface area contributed by atoms with Gasteiger partial charge in [-0.2, -0.15) is 0 Å². The van der Waals surface area contributed by atoms with Gasteiger partial charge in [0.15, 0.2) is 0 Å². The summed E-state index contributed by atoms with van der Waals surface area (Å²) in [4.78, 5) is 0.261. The van der Waals surface area contributed by atoms with Gasteiger partial charge in [-0.3, -0.25) is 0 Å². The van der Waals surface area contributed by atoms with Crippen LogP contribution in [0.25, 0.3) is 0 Å². The molecular weight excluding hydrogens is 551 g/mol. The van der Waals surface area contributed by atoms with Gasteiger partial charge in [0, 0.05) is 0 Å². The molecule has 0 aliphatic carbocycles. The molecule has 4 aromatic carbocycles. The Labute approximate surface area is 234 Å². The fourth-order valence-corrected chi connectivity index (χ4v) is 12.2. The Hall–Kier alpha value is -2.50. The van der Waals surface area contributed by atoms with Crippen LogP contribution in [0, 0.1) is 0 Å². The molecule has 5 rings (SSSR count). The van der Waals surface area contributed by atoms with Gasteiger partial charge in [0.1, 0.15) is 0 Å². The first kappa shape index (κ1) is 27.1. The van der Waals surface area contributed by atoms with Crippen LogP contribution >= 0.6 is 0 Å². The van der Waals surface area contributed by atoms with E-state index in [1.807, 2.05) is 6.07 Å². The Morgan fingerprint density at radius 1 is 0.737 bits per heavy atom. The molecule has 0 radical (unpaired) electrons. The fraction of sp³-hybridized carbons (Fsp3) is 0.273. The summed E-state index contributed by atoms with van der Waals surface area (Å²) >= 11 is 0.201.